The van der Waals surface area contributed by atoms with Crippen molar-refractivity contribution in [3.05, 3.63) is 189 Å². The predicted octanol–water partition coefficient (Wildman–Crippen LogP) is 17.0. The molecule has 6 aromatic carbocycles. The number of benzene rings is 6. The zero-order valence-corrected chi connectivity index (χ0v) is 41.8. The summed E-state index contributed by atoms with van der Waals surface area (Å²) in [7, 11) is 18.3. The molecular weight excluding hydrogens is 895 g/mol. The van der Waals surface area contributed by atoms with Gasteiger partial charge < -0.3 is 0 Å². The van der Waals surface area contributed by atoms with Gasteiger partial charge in [-0.3, -0.25) is 0 Å². The van der Waals surface area contributed by atoms with Gasteiger partial charge in [-0.05, 0) is 0 Å². The topological polar surface area (TPSA) is 26.3 Å². The summed E-state index contributed by atoms with van der Waals surface area (Å²) in [6.07, 6.45) is 6.62. The van der Waals surface area contributed by atoms with Gasteiger partial charge in [-0.1, -0.05) is 0 Å². The summed E-state index contributed by atoms with van der Waals surface area (Å²) in [4.78, 5) is 0. The van der Waals surface area contributed by atoms with Gasteiger partial charge in [0.2, 0.25) is 0 Å². The molecule has 0 saturated heterocycles. The molecule has 2 aromatic heterocycles. The van der Waals surface area contributed by atoms with Crippen molar-refractivity contribution in [1.29, 1.82) is 0 Å². The van der Waals surface area contributed by atoms with E-state index in [9.17, 15) is 0 Å². The fraction of sp³-hybridized carbons (Fsp3) is 0.214. The van der Waals surface area contributed by atoms with Crippen molar-refractivity contribution < 1.29 is 23.8 Å². The van der Waals surface area contributed by atoms with E-state index in [4.69, 9.17) is 25.9 Å². The summed E-state index contributed by atoms with van der Waals surface area (Å²) in [5.41, 5.74) is 15.4. The number of rotatable bonds is 8. The standard InChI is InChI=1S/2C27H23O.C2H6Si.2ClH.Zr/c2*1-4-19-12-13-21-15-22(26-14-17(2)18(3)28-26)16-25(21)27(19)24-11-7-9-20-8-5-6-10-23(20)24;1-3-2;;;/h2*5-16H,4H2,1-3H3;1-2H3;2*1H;/q;;;;;+2/p-2. The van der Waals surface area contributed by atoms with Crippen LogP contribution < -0.4 is 0 Å². The van der Waals surface area contributed by atoms with Crippen LogP contribution in [-0.2, 0) is 27.9 Å². The number of allylic oxidation sites excluding steroid dienone is 2. The average molecular weight is 947 g/mol. The molecule has 2 unspecified atom stereocenters. The molecular formula is C56H52Cl2O2SiZr. The van der Waals surface area contributed by atoms with Gasteiger partial charge in [0.05, 0.1) is 0 Å². The third kappa shape index (κ3) is 6.18. The first kappa shape index (κ1) is 41.6. The number of hydrogen-bond donors (Lipinski definition) is 0. The molecule has 0 saturated carbocycles. The predicted molar refractivity (Wildman–Crippen MR) is 264 cm³/mol. The molecule has 0 bridgehead atoms. The van der Waals surface area contributed by atoms with E-state index < -0.39 is 20.4 Å². The maximum atomic E-state index is 9.17. The van der Waals surface area contributed by atoms with Crippen LogP contribution in [0.25, 0.3) is 67.1 Å². The van der Waals surface area contributed by atoms with Gasteiger partial charge in [-0.2, -0.15) is 0 Å². The molecule has 8 aromatic rings. The van der Waals surface area contributed by atoms with Crippen LogP contribution in [0, 0.1) is 27.7 Å². The molecule has 2 aliphatic rings. The molecule has 62 heavy (non-hydrogen) atoms. The molecule has 310 valence electrons. The zero-order chi connectivity index (χ0) is 43.3. The zero-order valence-electron chi connectivity index (χ0n) is 36.8. The second-order valence-corrected chi connectivity index (χ2v) is 56.7. The first-order chi connectivity index (χ1) is 29.8. The molecule has 0 spiro atoms. The van der Waals surface area contributed by atoms with E-state index in [1.54, 1.807) is 0 Å². The number of hydrogen-bond acceptors (Lipinski definition) is 2. The molecule has 2 heterocycles. The summed E-state index contributed by atoms with van der Waals surface area (Å²) in [5.74, 6) is 3.55. The van der Waals surface area contributed by atoms with Crippen molar-refractivity contribution in [1.82, 2.24) is 0 Å². The molecule has 6 heteroatoms. The van der Waals surface area contributed by atoms with Gasteiger partial charge in [0, 0.05) is 0 Å². The van der Waals surface area contributed by atoms with Crippen LogP contribution in [0.3, 0.4) is 0 Å². The van der Waals surface area contributed by atoms with Gasteiger partial charge in [-0.25, -0.2) is 0 Å². The Morgan fingerprint density at radius 2 is 0.935 bits per heavy atom. The monoisotopic (exact) mass is 944 g/mol. The minimum absolute atomic E-state index is 0.258. The normalized spacial score (nSPS) is 16.2. The van der Waals surface area contributed by atoms with E-state index in [2.05, 4.69) is 188 Å². The van der Waals surface area contributed by atoms with Crippen LogP contribution in [0.5, 0.6) is 0 Å². The Bertz CT molecular complexity index is 3050. The van der Waals surface area contributed by atoms with Crippen LogP contribution in [0.2, 0.25) is 13.1 Å². The molecule has 2 atom stereocenters. The Morgan fingerprint density at radius 1 is 0.532 bits per heavy atom. The Labute approximate surface area is 374 Å². The Balaban J connectivity index is 1.32. The second kappa shape index (κ2) is 15.4. The summed E-state index contributed by atoms with van der Waals surface area (Å²) in [6.45, 7) is 17.7. The Kier molecular flexibility index (Phi) is 10.3. The van der Waals surface area contributed by atoms with E-state index in [1.165, 1.54) is 77.2 Å². The van der Waals surface area contributed by atoms with Crippen LogP contribution in [0.1, 0.15) is 88.6 Å². The van der Waals surface area contributed by atoms with Crippen LogP contribution >= 0.6 is 17.0 Å². The third-order valence-corrected chi connectivity index (χ3v) is 60.6. The van der Waals surface area contributed by atoms with Gasteiger partial charge in [0.15, 0.2) is 0 Å². The van der Waals surface area contributed by atoms with Crippen molar-refractivity contribution in [3.8, 4) is 22.3 Å². The number of halogens is 2. The van der Waals surface area contributed by atoms with Crippen LogP contribution in [-0.4, -0.2) is 5.43 Å². The molecule has 0 amide bonds. The summed E-state index contributed by atoms with van der Waals surface area (Å²) in [6, 6.07) is 44.7. The van der Waals surface area contributed by atoms with E-state index >= 15 is 0 Å². The van der Waals surface area contributed by atoms with E-state index in [-0.39, 0.29) is 7.25 Å². The summed E-state index contributed by atoms with van der Waals surface area (Å²) < 4.78 is 13.1. The van der Waals surface area contributed by atoms with Gasteiger partial charge in [0.25, 0.3) is 0 Å². The number of furan rings is 2. The van der Waals surface area contributed by atoms with Crippen molar-refractivity contribution >= 4 is 67.3 Å². The summed E-state index contributed by atoms with van der Waals surface area (Å²) >= 11 is -5.52. The Hall–Kier alpha value is -4.44. The molecule has 0 radical (unpaired) electrons. The molecule has 0 aliphatic heterocycles. The quantitative estimate of drug-likeness (QED) is 0.142. The first-order valence-corrected chi connectivity index (χ1v) is 37.4. The summed E-state index contributed by atoms with van der Waals surface area (Å²) in [5, 5.41) is 4.93. The van der Waals surface area contributed by atoms with Gasteiger partial charge in [0.1, 0.15) is 0 Å². The molecule has 10 rings (SSSR count). The number of fused-ring (bicyclic) bond motifs is 4. The van der Waals surface area contributed by atoms with E-state index in [0.717, 1.165) is 58.2 Å². The maximum absolute atomic E-state index is 9.17. The van der Waals surface area contributed by atoms with Crippen molar-refractivity contribution in [2.24, 2.45) is 0 Å². The molecule has 2 nitrogen and oxygen atoms in total. The minimum atomic E-state index is -5.52. The molecule has 2 aliphatic carbocycles. The molecule has 0 N–H and O–H groups in total. The van der Waals surface area contributed by atoms with E-state index in [0.29, 0.717) is 0 Å². The fourth-order valence-electron chi connectivity index (χ4n) is 10.8. The third-order valence-electron chi connectivity index (χ3n) is 14.4. The second-order valence-electron chi connectivity index (χ2n) is 17.9. The number of aryl methyl sites for hydroxylation is 6. The fourth-order valence-corrected chi connectivity index (χ4v) is 38.5. The van der Waals surface area contributed by atoms with Gasteiger partial charge in [-0.15, -0.1) is 0 Å². The van der Waals surface area contributed by atoms with Crippen molar-refractivity contribution in [2.45, 2.75) is 74.7 Å². The average Bonchev–Trinajstić information content (AvgIpc) is 4.05. The van der Waals surface area contributed by atoms with E-state index in [1.807, 2.05) is 0 Å². The SMILES string of the molecule is CCc1ccc2c(c1-c1cccc3ccccc13)C=C(c1cc(C)c(C)o1)[CH]2[Zr]([Cl])([Cl])([CH]1C(c2cc(C)c(C)o2)=Cc2c1ccc(CC)c2-c1cccc2ccccc12)=[Si](C)C. The Morgan fingerprint density at radius 3 is 1.31 bits per heavy atom. The van der Waals surface area contributed by atoms with Crippen molar-refractivity contribution in [3.63, 3.8) is 0 Å². The first-order valence-electron chi connectivity index (χ1n) is 22.1. The van der Waals surface area contributed by atoms with Crippen molar-refractivity contribution in [2.75, 3.05) is 0 Å². The van der Waals surface area contributed by atoms with Gasteiger partial charge >= 0.3 is 377 Å². The van der Waals surface area contributed by atoms with Crippen LogP contribution in [0.15, 0.2) is 130 Å². The van der Waals surface area contributed by atoms with Crippen LogP contribution in [0.4, 0.5) is 0 Å². The molecule has 0 fully saturated rings.